The Morgan fingerprint density at radius 3 is 2.74 bits per heavy atom. The number of aryl methyl sites for hydroxylation is 1. The molecule has 2 N–H and O–H groups in total. The topological polar surface area (TPSA) is 55.0 Å². The van der Waals surface area contributed by atoms with Crippen molar-refractivity contribution in [2.75, 3.05) is 17.7 Å². The van der Waals surface area contributed by atoms with Gasteiger partial charge in [0.2, 0.25) is 0 Å². The fourth-order valence-corrected chi connectivity index (χ4v) is 4.17. The van der Waals surface area contributed by atoms with Gasteiger partial charge in [-0.3, -0.25) is 0 Å². The van der Waals surface area contributed by atoms with Gasteiger partial charge in [0, 0.05) is 18.5 Å². The van der Waals surface area contributed by atoms with Crippen LogP contribution in [-0.2, 0) is 0 Å². The third-order valence-electron chi connectivity index (χ3n) is 3.77. The van der Waals surface area contributed by atoms with Crippen molar-refractivity contribution >= 4 is 33.7 Å². The maximum Gasteiger partial charge on any atom is 0.148 e. The van der Waals surface area contributed by atoms with E-state index in [1.165, 1.54) is 37.2 Å². The van der Waals surface area contributed by atoms with Crippen LogP contribution in [-0.4, -0.2) is 22.4 Å². The summed E-state index contributed by atoms with van der Waals surface area (Å²) in [7, 11) is 2.16. The lowest BCUT2D eigenvalue weighted by molar-refractivity contribution is 0.658. The average Bonchev–Trinajstić information content (AvgIpc) is 3.08. The molecule has 1 aliphatic rings. The summed E-state index contributed by atoms with van der Waals surface area (Å²) in [5, 5.41) is 4.30. The molecule has 0 aromatic carbocycles. The first-order valence-corrected chi connectivity index (χ1v) is 8.22. The Bertz CT molecular complexity index is 569. The van der Waals surface area contributed by atoms with Crippen LogP contribution in [0.15, 0.2) is 5.38 Å². The van der Waals surface area contributed by atoms with Gasteiger partial charge in [0.1, 0.15) is 10.8 Å². The number of nitrogens with two attached hydrogens (primary N) is 1. The monoisotopic (exact) mass is 294 g/mol. The zero-order valence-corrected chi connectivity index (χ0v) is 12.9. The molecule has 102 valence electrons. The van der Waals surface area contributed by atoms with Gasteiger partial charge in [0.25, 0.3) is 0 Å². The van der Waals surface area contributed by atoms with E-state index in [1.807, 2.05) is 6.92 Å². The summed E-state index contributed by atoms with van der Waals surface area (Å²) in [6.45, 7) is 2.02. The maximum atomic E-state index is 6.06. The first-order valence-electron chi connectivity index (χ1n) is 6.57. The number of anilines is 2. The Kier molecular flexibility index (Phi) is 3.45. The average molecular weight is 294 g/mol. The Labute approximate surface area is 121 Å². The Balaban J connectivity index is 1.98. The highest BCUT2D eigenvalue weighted by atomic mass is 32.1. The standard InChI is InChI=1S/C13H18N4S2/c1-8-15-10(7-18-8)11-12(14)16-19-13(11)17(2)9-5-3-4-6-9/h7,9H,3-6H2,1-2H3,(H2,14,16). The summed E-state index contributed by atoms with van der Waals surface area (Å²) in [4.78, 5) is 6.91. The fourth-order valence-electron chi connectivity index (χ4n) is 2.71. The van der Waals surface area contributed by atoms with Gasteiger partial charge in [0.05, 0.1) is 16.3 Å². The predicted molar refractivity (Wildman–Crippen MR) is 83.0 cm³/mol. The lowest BCUT2D eigenvalue weighted by Crippen LogP contribution is -2.28. The molecule has 0 aliphatic heterocycles. The van der Waals surface area contributed by atoms with Crippen molar-refractivity contribution in [3.05, 3.63) is 10.4 Å². The summed E-state index contributed by atoms with van der Waals surface area (Å²) in [5.41, 5.74) is 8.04. The SMILES string of the molecule is Cc1nc(-c2c(N)nsc2N(C)C2CCCC2)cs1. The van der Waals surface area contributed by atoms with Gasteiger partial charge in [-0.05, 0) is 31.3 Å². The number of nitrogen functional groups attached to an aromatic ring is 1. The number of nitrogens with zero attached hydrogens (tertiary/aromatic N) is 3. The van der Waals surface area contributed by atoms with Crippen LogP contribution >= 0.6 is 22.9 Å². The molecule has 0 unspecified atom stereocenters. The molecule has 0 amide bonds. The number of thiazole rings is 1. The molecule has 0 bridgehead atoms. The zero-order chi connectivity index (χ0) is 13.4. The molecule has 0 atom stereocenters. The molecule has 0 saturated heterocycles. The molecule has 2 heterocycles. The normalized spacial score (nSPS) is 16.1. The molecule has 0 radical (unpaired) electrons. The van der Waals surface area contributed by atoms with Crippen LogP contribution in [0, 0.1) is 6.92 Å². The van der Waals surface area contributed by atoms with E-state index in [1.54, 1.807) is 11.3 Å². The van der Waals surface area contributed by atoms with E-state index in [4.69, 9.17) is 5.73 Å². The zero-order valence-electron chi connectivity index (χ0n) is 11.2. The maximum absolute atomic E-state index is 6.06. The minimum Gasteiger partial charge on any atom is -0.382 e. The van der Waals surface area contributed by atoms with Gasteiger partial charge in [-0.25, -0.2) is 4.98 Å². The molecule has 0 spiro atoms. The first kappa shape index (κ1) is 12.9. The van der Waals surface area contributed by atoms with Crippen molar-refractivity contribution in [2.45, 2.75) is 38.6 Å². The summed E-state index contributed by atoms with van der Waals surface area (Å²) in [5.74, 6) is 0.607. The van der Waals surface area contributed by atoms with Gasteiger partial charge >= 0.3 is 0 Å². The summed E-state index contributed by atoms with van der Waals surface area (Å²) >= 11 is 3.15. The predicted octanol–water partition coefficient (Wildman–Crippen LogP) is 3.54. The smallest absolute Gasteiger partial charge is 0.148 e. The number of rotatable bonds is 3. The summed E-state index contributed by atoms with van der Waals surface area (Å²) in [6, 6.07) is 0.623. The molecule has 19 heavy (non-hydrogen) atoms. The lowest BCUT2D eigenvalue weighted by atomic mass is 10.2. The van der Waals surface area contributed by atoms with Crippen LogP contribution in [0.2, 0.25) is 0 Å². The van der Waals surface area contributed by atoms with Crippen LogP contribution < -0.4 is 10.6 Å². The van der Waals surface area contributed by atoms with Gasteiger partial charge in [-0.1, -0.05) is 12.8 Å². The number of hydrogen-bond acceptors (Lipinski definition) is 6. The van der Waals surface area contributed by atoms with Crippen molar-refractivity contribution in [3.8, 4) is 11.3 Å². The van der Waals surface area contributed by atoms with E-state index in [0.29, 0.717) is 11.9 Å². The van der Waals surface area contributed by atoms with Crippen LogP contribution in [0.5, 0.6) is 0 Å². The Hall–Kier alpha value is -1.14. The first-order chi connectivity index (χ1) is 9.16. The highest BCUT2D eigenvalue weighted by molar-refractivity contribution is 7.11. The van der Waals surface area contributed by atoms with Gasteiger partial charge in [-0.2, -0.15) is 4.37 Å². The third kappa shape index (κ3) is 2.34. The second-order valence-corrected chi connectivity index (χ2v) is 6.86. The van der Waals surface area contributed by atoms with Crippen molar-refractivity contribution in [3.63, 3.8) is 0 Å². The summed E-state index contributed by atoms with van der Waals surface area (Å²) < 4.78 is 4.34. The molecule has 1 aliphatic carbocycles. The quantitative estimate of drug-likeness (QED) is 0.940. The van der Waals surface area contributed by atoms with Crippen LogP contribution in [0.4, 0.5) is 10.8 Å². The van der Waals surface area contributed by atoms with Gasteiger partial charge in [-0.15, -0.1) is 11.3 Å². The molecular formula is C13H18N4S2. The third-order valence-corrected chi connectivity index (χ3v) is 5.49. The highest BCUT2D eigenvalue weighted by Gasteiger charge is 2.25. The lowest BCUT2D eigenvalue weighted by Gasteiger charge is -2.25. The highest BCUT2D eigenvalue weighted by Crippen LogP contribution is 2.41. The second kappa shape index (κ2) is 5.09. The molecule has 1 saturated carbocycles. The van der Waals surface area contributed by atoms with E-state index in [0.717, 1.165) is 21.3 Å². The van der Waals surface area contributed by atoms with Crippen molar-refractivity contribution in [1.29, 1.82) is 0 Å². The fraction of sp³-hybridized carbons (Fsp3) is 0.538. The van der Waals surface area contributed by atoms with Crippen molar-refractivity contribution in [2.24, 2.45) is 0 Å². The van der Waals surface area contributed by atoms with E-state index in [-0.39, 0.29) is 0 Å². The van der Waals surface area contributed by atoms with Gasteiger partial charge in [0.15, 0.2) is 0 Å². The van der Waals surface area contributed by atoms with E-state index >= 15 is 0 Å². The molecule has 2 aromatic rings. The number of hydrogen-bond donors (Lipinski definition) is 1. The van der Waals surface area contributed by atoms with Crippen LogP contribution in [0.25, 0.3) is 11.3 Å². The van der Waals surface area contributed by atoms with Crippen molar-refractivity contribution in [1.82, 2.24) is 9.36 Å². The van der Waals surface area contributed by atoms with E-state index < -0.39 is 0 Å². The molecule has 2 aromatic heterocycles. The van der Waals surface area contributed by atoms with Crippen LogP contribution in [0.1, 0.15) is 30.7 Å². The van der Waals surface area contributed by atoms with Crippen molar-refractivity contribution < 1.29 is 0 Å². The summed E-state index contributed by atoms with van der Waals surface area (Å²) in [6.07, 6.45) is 5.19. The molecule has 6 heteroatoms. The molecular weight excluding hydrogens is 276 g/mol. The molecule has 3 rings (SSSR count). The molecule has 4 nitrogen and oxygen atoms in total. The largest absolute Gasteiger partial charge is 0.382 e. The minimum absolute atomic E-state index is 0.607. The Morgan fingerprint density at radius 1 is 1.37 bits per heavy atom. The minimum atomic E-state index is 0.607. The number of aromatic nitrogens is 2. The van der Waals surface area contributed by atoms with E-state index in [9.17, 15) is 0 Å². The van der Waals surface area contributed by atoms with Crippen LogP contribution in [0.3, 0.4) is 0 Å². The van der Waals surface area contributed by atoms with Gasteiger partial charge < -0.3 is 10.6 Å². The Morgan fingerprint density at radius 2 is 2.11 bits per heavy atom. The van der Waals surface area contributed by atoms with E-state index in [2.05, 4.69) is 26.7 Å². The second-order valence-electron chi connectivity index (χ2n) is 5.05. The molecule has 1 fully saturated rings.